The van der Waals surface area contributed by atoms with Gasteiger partial charge in [0.25, 0.3) is 11.6 Å². The van der Waals surface area contributed by atoms with Crippen molar-refractivity contribution in [3.63, 3.8) is 0 Å². The SMILES string of the molecule is Cc1ccc(Br)c(C(=O)Nc2ccc([N+](=O)[O-])cc2Cl)c1. The van der Waals surface area contributed by atoms with Crippen molar-refractivity contribution >= 4 is 44.8 Å². The summed E-state index contributed by atoms with van der Waals surface area (Å²) in [7, 11) is 0. The highest BCUT2D eigenvalue weighted by Gasteiger charge is 2.14. The normalized spacial score (nSPS) is 10.2. The smallest absolute Gasteiger partial charge is 0.271 e. The fourth-order valence-corrected chi connectivity index (χ4v) is 2.37. The standard InChI is InChI=1S/C14H10BrClN2O3/c1-8-2-4-11(15)10(6-8)14(19)17-13-5-3-9(18(20)21)7-12(13)16/h2-7H,1H3,(H,17,19). The molecule has 2 rings (SSSR count). The Morgan fingerprint density at radius 2 is 2.00 bits per heavy atom. The second-order valence-electron chi connectivity index (χ2n) is 4.36. The van der Waals surface area contributed by atoms with Crippen LogP contribution in [0.2, 0.25) is 5.02 Å². The van der Waals surface area contributed by atoms with Gasteiger partial charge in [-0.25, -0.2) is 0 Å². The van der Waals surface area contributed by atoms with Crippen molar-refractivity contribution in [1.29, 1.82) is 0 Å². The number of nitrogens with one attached hydrogen (secondary N) is 1. The van der Waals surface area contributed by atoms with Gasteiger partial charge in [0.2, 0.25) is 0 Å². The molecule has 2 aromatic rings. The Morgan fingerprint density at radius 1 is 1.29 bits per heavy atom. The van der Waals surface area contributed by atoms with E-state index in [0.29, 0.717) is 15.7 Å². The monoisotopic (exact) mass is 368 g/mol. The van der Waals surface area contributed by atoms with E-state index in [9.17, 15) is 14.9 Å². The van der Waals surface area contributed by atoms with E-state index < -0.39 is 4.92 Å². The van der Waals surface area contributed by atoms with E-state index >= 15 is 0 Å². The van der Waals surface area contributed by atoms with Crippen molar-refractivity contribution in [2.45, 2.75) is 6.92 Å². The number of nitrogens with zero attached hydrogens (tertiary/aromatic N) is 1. The molecule has 0 bridgehead atoms. The minimum absolute atomic E-state index is 0.112. The molecular formula is C14H10BrClN2O3. The molecule has 0 radical (unpaired) electrons. The van der Waals surface area contributed by atoms with Gasteiger partial charge in [0.05, 0.1) is 21.2 Å². The van der Waals surface area contributed by atoms with Crippen LogP contribution in [0, 0.1) is 17.0 Å². The number of amides is 1. The molecule has 0 aliphatic heterocycles. The Labute approximate surface area is 134 Å². The fraction of sp³-hybridized carbons (Fsp3) is 0.0714. The van der Waals surface area contributed by atoms with Gasteiger partial charge in [-0.2, -0.15) is 0 Å². The fourth-order valence-electron chi connectivity index (χ4n) is 1.72. The summed E-state index contributed by atoms with van der Waals surface area (Å²) in [5, 5.41) is 13.4. The van der Waals surface area contributed by atoms with E-state index in [-0.39, 0.29) is 16.6 Å². The second kappa shape index (κ2) is 6.24. The molecule has 0 aliphatic rings. The van der Waals surface area contributed by atoms with Crippen molar-refractivity contribution < 1.29 is 9.72 Å². The number of hydrogen-bond donors (Lipinski definition) is 1. The first-order valence-electron chi connectivity index (χ1n) is 5.90. The average molecular weight is 370 g/mol. The van der Waals surface area contributed by atoms with Crippen LogP contribution >= 0.6 is 27.5 Å². The first-order valence-corrected chi connectivity index (χ1v) is 7.07. The summed E-state index contributed by atoms with van der Waals surface area (Å²) >= 11 is 9.26. The highest BCUT2D eigenvalue weighted by molar-refractivity contribution is 9.10. The van der Waals surface area contributed by atoms with Crippen LogP contribution in [0.3, 0.4) is 0 Å². The molecule has 0 heterocycles. The second-order valence-corrected chi connectivity index (χ2v) is 5.62. The van der Waals surface area contributed by atoms with Crippen LogP contribution in [-0.4, -0.2) is 10.8 Å². The average Bonchev–Trinajstić information content (AvgIpc) is 2.43. The predicted octanol–water partition coefficient (Wildman–Crippen LogP) is 4.57. The summed E-state index contributed by atoms with van der Waals surface area (Å²) in [6.45, 7) is 1.88. The summed E-state index contributed by atoms with van der Waals surface area (Å²) in [5.41, 5.74) is 1.60. The third-order valence-electron chi connectivity index (χ3n) is 2.78. The highest BCUT2D eigenvalue weighted by atomic mass is 79.9. The van der Waals surface area contributed by atoms with E-state index in [4.69, 9.17) is 11.6 Å². The van der Waals surface area contributed by atoms with Crippen LogP contribution in [0.4, 0.5) is 11.4 Å². The first kappa shape index (κ1) is 15.5. The molecule has 0 aromatic heterocycles. The molecule has 2 aromatic carbocycles. The van der Waals surface area contributed by atoms with E-state index in [0.717, 1.165) is 5.56 Å². The van der Waals surface area contributed by atoms with Gasteiger partial charge in [0.1, 0.15) is 0 Å². The van der Waals surface area contributed by atoms with Crippen LogP contribution in [0.5, 0.6) is 0 Å². The predicted molar refractivity (Wildman–Crippen MR) is 84.9 cm³/mol. The van der Waals surface area contributed by atoms with E-state index in [2.05, 4.69) is 21.2 Å². The molecule has 7 heteroatoms. The van der Waals surface area contributed by atoms with Gasteiger partial charge in [-0.1, -0.05) is 23.2 Å². The molecule has 0 saturated carbocycles. The number of aryl methyl sites for hydroxylation is 1. The molecular weight excluding hydrogens is 360 g/mol. The molecule has 0 unspecified atom stereocenters. The number of nitro benzene ring substituents is 1. The van der Waals surface area contributed by atoms with Crippen LogP contribution < -0.4 is 5.32 Å². The van der Waals surface area contributed by atoms with Gasteiger partial charge in [-0.3, -0.25) is 14.9 Å². The lowest BCUT2D eigenvalue weighted by molar-refractivity contribution is -0.384. The summed E-state index contributed by atoms with van der Waals surface area (Å²) in [6, 6.07) is 9.28. The van der Waals surface area contributed by atoms with E-state index in [1.807, 2.05) is 13.0 Å². The Bertz CT molecular complexity index is 734. The summed E-state index contributed by atoms with van der Waals surface area (Å²) in [5.74, 6) is -0.346. The van der Waals surface area contributed by atoms with Gasteiger partial charge in [0, 0.05) is 16.6 Å². The minimum atomic E-state index is -0.547. The molecule has 0 aliphatic carbocycles. The number of rotatable bonds is 3. The molecule has 1 amide bonds. The third kappa shape index (κ3) is 3.59. The minimum Gasteiger partial charge on any atom is -0.321 e. The molecule has 1 N–H and O–H groups in total. The zero-order valence-corrected chi connectivity index (χ0v) is 13.2. The molecule has 108 valence electrons. The van der Waals surface area contributed by atoms with Gasteiger partial charge >= 0.3 is 0 Å². The maximum Gasteiger partial charge on any atom is 0.271 e. The van der Waals surface area contributed by atoms with Crippen molar-refractivity contribution in [1.82, 2.24) is 0 Å². The van der Waals surface area contributed by atoms with Crippen LogP contribution in [0.25, 0.3) is 0 Å². The Hall–Kier alpha value is -1.92. The number of carbonyl (C=O) groups excluding carboxylic acids is 1. The molecule has 0 saturated heterocycles. The van der Waals surface area contributed by atoms with Crippen molar-refractivity contribution in [3.8, 4) is 0 Å². The number of non-ortho nitro benzene ring substituents is 1. The summed E-state index contributed by atoms with van der Waals surface area (Å²) in [4.78, 5) is 22.3. The number of hydrogen-bond acceptors (Lipinski definition) is 3. The number of halogens is 2. The van der Waals surface area contributed by atoms with Crippen molar-refractivity contribution in [2.24, 2.45) is 0 Å². The zero-order chi connectivity index (χ0) is 15.6. The maximum absolute atomic E-state index is 12.2. The maximum atomic E-state index is 12.2. The lowest BCUT2D eigenvalue weighted by Gasteiger charge is -2.09. The number of anilines is 1. The van der Waals surface area contributed by atoms with Crippen LogP contribution in [0.15, 0.2) is 40.9 Å². The molecule has 21 heavy (non-hydrogen) atoms. The van der Waals surface area contributed by atoms with Gasteiger partial charge in [-0.15, -0.1) is 0 Å². The molecule has 5 nitrogen and oxygen atoms in total. The topological polar surface area (TPSA) is 72.2 Å². The lowest BCUT2D eigenvalue weighted by atomic mass is 10.1. The highest BCUT2D eigenvalue weighted by Crippen LogP contribution is 2.28. The van der Waals surface area contributed by atoms with E-state index in [1.165, 1.54) is 18.2 Å². The van der Waals surface area contributed by atoms with E-state index in [1.54, 1.807) is 12.1 Å². The molecule has 0 fully saturated rings. The third-order valence-corrected chi connectivity index (χ3v) is 3.78. The van der Waals surface area contributed by atoms with Gasteiger partial charge in [0.15, 0.2) is 0 Å². The largest absolute Gasteiger partial charge is 0.321 e. The number of nitro groups is 1. The van der Waals surface area contributed by atoms with Crippen LogP contribution in [-0.2, 0) is 0 Å². The molecule has 0 atom stereocenters. The summed E-state index contributed by atoms with van der Waals surface area (Å²) in [6.07, 6.45) is 0. The van der Waals surface area contributed by atoms with Crippen molar-refractivity contribution in [2.75, 3.05) is 5.32 Å². The zero-order valence-electron chi connectivity index (χ0n) is 10.9. The molecule has 0 spiro atoms. The Balaban J connectivity index is 2.27. The first-order chi connectivity index (χ1) is 9.88. The van der Waals surface area contributed by atoms with Crippen LogP contribution in [0.1, 0.15) is 15.9 Å². The Kier molecular flexibility index (Phi) is 4.59. The van der Waals surface area contributed by atoms with Crippen molar-refractivity contribution in [3.05, 3.63) is 67.1 Å². The lowest BCUT2D eigenvalue weighted by Crippen LogP contribution is -2.13. The van der Waals surface area contributed by atoms with Gasteiger partial charge < -0.3 is 5.32 Å². The quantitative estimate of drug-likeness (QED) is 0.636. The Morgan fingerprint density at radius 3 is 2.62 bits per heavy atom. The number of carbonyl (C=O) groups is 1. The van der Waals surface area contributed by atoms with Gasteiger partial charge in [-0.05, 0) is 41.1 Å². The number of benzene rings is 2. The summed E-state index contributed by atoms with van der Waals surface area (Å²) < 4.78 is 0.656.